The lowest BCUT2D eigenvalue weighted by Gasteiger charge is -2.15. The summed E-state index contributed by atoms with van der Waals surface area (Å²) >= 11 is 0. The van der Waals surface area contributed by atoms with Gasteiger partial charge < -0.3 is 14.4 Å². The van der Waals surface area contributed by atoms with Gasteiger partial charge in [0.2, 0.25) is 0 Å². The molecule has 1 atom stereocenters. The van der Waals surface area contributed by atoms with Crippen LogP contribution in [-0.4, -0.2) is 14.7 Å². The number of benzene rings is 1. The van der Waals surface area contributed by atoms with Crippen LogP contribution in [0.25, 0.3) is 0 Å². The third-order valence-electron chi connectivity index (χ3n) is 3.68. The highest BCUT2D eigenvalue weighted by Gasteiger charge is 2.25. The molecule has 0 amide bonds. The number of aryl methyl sites for hydroxylation is 1. The fourth-order valence-corrected chi connectivity index (χ4v) is 2.39. The quantitative estimate of drug-likeness (QED) is 0.909. The molecule has 106 valence electrons. The van der Waals surface area contributed by atoms with Crippen LogP contribution in [0, 0.1) is 6.92 Å². The van der Waals surface area contributed by atoms with Gasteiger partial charge in [0.15, 0.2) is 0 Å². The minimum Gasteiger partial charge on any atom is -0.487 e. The monoisotopic (exact) mass is 272 g/mol. The second-order valence-corrected chi connectivity index (χ2v) is 5.53. The average Bonchev–Trinajstić information content (AvgIpc) is 3.15. The van der Waals surface area contributed by atoms with Gasteiger partial charge in [-0.3, -0.25) is 0 Å². The second-order valence-electron chi connectivity index (χ2n) is 5.53. The lowest BCUT2D eigenvalue weighted by Crippen LogP contribution is -2.06. The summed E-state index contributed by atoms with van der Waals surface area (Å²) in [5, 5.41) is 9.81. The minimum absolute atomic E-state index is 0.486. The molecule has 2 aromatic rings. The molecule has 20 heavy (non-hydrogen) atoms. The molecule has 0 spiro atoms. The summed E-state index contributed by atoms with van der Waals surface area (Å²) in [5.41, 5.74) is 3.04. The van der Waals surface area contributed by atoms with Crippen molar-refractivity contribution in [1.82, 2.24) is 9.55 Å². The largest absolute Gasteiger partial charge is 0.487 e. The molecule has 3 rings (SSSR count). The van der Waals surface area contributed by atoms with Crippen LogP contribution in [0.5, 0.6) is 5.75 Å². The third-order valence-corrected chi connectivity index (χ3v) is 3.68. The fraction of sp³-hybridized carbons (Fsp3) is 0.438. The molecule has 1 saturated carbocycles. The molecular weight excluding hydrogens is 252 g/mol. The van der Waals surface area contributed by atoms with Gasteiger partial charge in [0.05, 0.1) is 24.3 Å². The summed E-state index contributed by atoms with van der Waals surface area (Å²) in [4.78, 5) is 4.20. The molecule has 0 bridgehead atoms. The van der Waals surface area contributed by atoms with Crippen molar-refractivity contribution in [3.63, 3.8) is 0 Å². The number of imidazole rings is 1. The van der Waals surface area contributed by atoms with Crippen LogP contribution >= 0.6 is 0 Å². The van der Waals surface area contributed by atoms with Gasteiger partial charge >= 0.3 is 0 Å². The van der Waals surface area contributed by atoms with Crippen molar-refractivity contribution in [2.75, 3.05) is 0 Å². The van der Waals surface area contributed by atoms with Crippen molar-refractivity contribution in [3.8, 4) is 5.75 Å². The van der Waals surface area contributed by atoms with E-state index in [4.69, 9.17) is 4.74 Å². The molecule has 0 saturated heterocycles. The smallest absolute Gasteiger partial charge is 0.130 e. The van der Waals surface area contributed by atoms with Gasteiger partial charge in [0.1, 0.15) is 12.4 Å². The van der Waals surface area contributed by atoms with Gasteiger partial charge in [-0.05, 0) is 38.3 Å². The summed E-state index contributed by atoms with van der Waals surface area (Å²) in [6.45, 7) is 4.26. The first-order valence-electron chi connectivity index (χ1n) is 7.07. The van der Waals surface area contributed by atoms with E-state index < -0.39 is 6.10 Å². The summed E-state index contributed by atoms with van der Waals surface area (Å²) < 4.78 is 8.11. The van der Waals surface area contributed by atoms with Gasteiger partial charge in [-0.1, -0.05) is 12.1 Å². The van der Waals surface area contributed by atoms with Gasteiger partial charge in [-0.15, -0.1) is 0 Å². The van der Waals surface area contributed by atoms with Crippen molar-refractivity contribution in [1.29, 1.82) is 0 Å². The number of ether oxygens (including phenoxy) is 1. The number of nitrogens with zero attached hydrogens (tertiary/aromatic N) is 2. The highest BCUT2D eigenvalue weighted by Crippen LogP contribution is 2.36. The van der Waals surface area contributed by atoms with E-state index in [2.05, 4.69) is 9.55 Å². The fourth-order valence-electron chi connectivity index (χ4n) is 2.39. The molecule has 4 nitrogen and oxygen atoms in total. The molecule has 1 aromatic carbocycles. The molecule has 0 radical (unpaired) electrons. The van der Waals surface area contributed by atoms with Gasteiger partial charge in [0.25, 0.3) is 0 Å². The standard InChI is InChI=1S/C16H20N2O2/c1-11-3-6-15(12(2)19)16(7-11)20-9-14-8-17-10-18(14)13-4-5-13/h3,6-8,10,12-13,19H,4-5,9H2,1-2H3/t12-/m1/s1. The van der Waals surface area contributed by atoms with E-state index in [1.807, 2.05) is 37.6 Å². The first kappa shape index (κ1) is 13.2. The van der Waals surface area contributed by atoms with Gasteiger partial charge in [0, 0.05) is 11.6 Å². The Hall–Kier alpha value is -1.81. The van der Waals surface area contributed by atoms with E-state index in [9.17, 15) is 5.11 Å². The Kier molecular flexibility index (Phi) is 3.49. The Morgan fingerprint density at radius 2 is 2.25 bits per heavy atom. The van der Waals surface area contributed by atoms with Crippen LogP contribution in [-0.2, 0) is 6.61 Å². The Balaban J connectivity index is 1.77. The second kappa shape index (κ2) is 5.29. The van der Waals surface area contributed by atoms with E-state index in [-0.39, 0.29) is 0 Å². The molecule has 1 aliphatic carbocycles. The molecule has 0 aliphatic heterocycles. The number of aliphatic hydroxyl groups excluding tert-OH is 1. The van der Waals surface area contributed by atoms with Crippen LogP contribution in [0.3, 0.4) is 0 Å². The average molecular weight is 272 g/mol. The molecule has 1 aliphatic rings. The van der Waals surface area contributed by atoms with Crippen LogP contribution in [0.15, 0.2) is 30.7 Å². The van der Waals surface area contributed by atoms with Gasteiger partial charge in [-0.2, -0.15) is 0 Å². The summed E-state index contributed by atoms with van der Waals surface area (Å²) in [6, 6.07) is 6.49. The van der Waals surface area contributed by atoms with E-state index in [1.54, 1.807) is 6.92 Å². The maximum atomic E-state index is 9.81. The molecule has 4 heteroatoms. The number of hydrogen-bond acceptors (Lipinski definition) is 3. The highest BCUT2D eigenvalue weighted by molar-refractivity contribution is 5.38. The molecule has 1 heterocycles. The third kappa shape index (κ3) is 2.70. The summed E-state index contributed by atoms with van der Waals surface area (Å²) in [7, 11) is 0. The predicted molar refractivity (Wildman–Crippen MR) is 76.6 cm³/mol. The first-order chi connectivity index (χ1) is 9.65. The maximum absolute atomic E-state index is 9.81. The maximum Gasteiger partial charge on any atom is 0.130 e. The predicted octanol–water partition coefficient (Wildman–Crippen LogP) is 3.16. The molecule has 1 fully saturated rings. The molecule has 1 aromatic heterocycles. The van der Waals surface area contributed by atoms with Gasteiger partial charge in [-0.25, -0.2) is 4.98 Å². The lowest BCUT2D eigenvalue weighted by molar-refractivity contribution is 0.189. The number of aliphatic hydroxyl groups is 1. The van der Waals surface area contributed by atoms with Crippen LogP contribution in [0.1, 0.15) is 48.7 Å². The van der Waals surface area contributed by atoms with Crippen molar-refractivity contribution in [2.24, 2.45) is 0 Å². The Bertz CT molecular complexity index is 600. The summed E-state index contributed by atoms with van der Waals surface area (Å²) in [6.07, 6.45) is 5.66. The van der Waals surface area contributed by atoms with Crippen molar-refractivity contribution >= 4 is 0 Å². The molecule has 0 unspecified atom stereocenters. The first-order valence-corrected chi connectivity index (χ1v) is 7.07. The van der Waals surface area contributed by atoms with E-state index >= 15 is 0 Å². The topological polar surface area (TPSA) is 47.3 Å². The van der Waals surface area contributed by atoms with Crippen LogP contribution in [0.2, 0.25) is 0 Å². The molecule has 1 N–H and O–H groups in total. The zero-order chi connectivity index (χ0) is 14.1. The van der Waals surface area contributed by atoms with Crippen LogP contribution < -0.4 is 4.74 Å². The molecular formula is C16H20N2O2. The summed E-state index contributed by atoms with van der Waals surface area (Å²) in [5.74, 6) is 0.753. The van der Waals surface area contributed by atoms with E-state index in [0.717, 1.165) is 22.6 Å². The lowest BCUT2D eigenvalue weighted by atomic mass is 10.1. The number of hydrogen-bond donors (Lipinski definition) is 1. The zero-order valence-corrected chi connectivity index (χ0v) is 11.9. The minimum atomic E-state index is -0.529. The van der Waals surface area contributed by atoms with E-state index in [1.165, 1.54) is 12.8 Å². The zero-order valence-electron chi connectivity index (χ0n) is 11.9. The Morgan fingerprint density at radius 1 is 1.45 bits per heavy atom. The normalized spacial score (nSPS) is 16.1. The van der Waals surface area contributed by atoms with E-state index in [0.29, 0.717) is 12.6 Å². The SMILES string of the molecule is Cc1ccc([C@@H](C)O)c(OCc2cncn2C2CC2)c1. The number of aromatic nitrogens is 2. The number of rotatable bonds is 5. The Labute approximate surface area is 119 Å². The van der Waals surface area contributed by atoms with Crippen LogP contribution in [0.4, 0.5) is 0 Å². The highest BCUT2D eigenvalue weighted by atomic mass is 16.5. The van der Waals surface area contributed by atoms with Crippen molar-refractivity contribution < 1.29 is 9.84 Å². The Morgan fingerprint density at radius 3 is 2.95 bits per heavy atom. The van der Waals surface area contributed by atoms with Crippen molar-refractivity contribution in [2.45, 2.75) is 45.4 Å². The van der Waals surface area contributed by atoms with Crippen molar-refractivity contribution in [3.05, 3.63) is 47.5 Å².